The normalized spacial score (nSPS) is 16.9. The molecule has 1 aliphatic rings. The lowest BCUT2D eigenvalue weighted by Crippen LogP contribution is -2.29. The van der Waals surface area contributed by atoms with Crippen molar-refractivity contribution in [2.75, 3.05) is 13.7 Å². The second-order valence-electron chi connectivity index (χ2n) is 5.85. The van der Waals surface area contributed by atoms with Crippen molar-refractivity contribution in [3.05, 3.63) is 35.4 Å². The SMILES string of the molecule is CCC1=CC(C)(C)Oc2cc(OC)c(C(C)=CCO)cc21. The minimum absolute atomic E-state index is 0.0199. The van der Waals surface area contributed by atoms with Gasteiger partial charge in [-0.3, -0.25) is 0 Å². The highest BCUT2D eigenvalue weighted by Gasteiger charge is 2.27. The molecule has 3 nitrogen and oxygen atoms in total. The lowest BCUT2D eigenvalue weighted by atomic mass is 9.90. The maximum atomic E-state index is 9.11. The zero-order valence-electron chi connectivity index (χ0n) is 13.5. The van der Waals surface area contributed by atoms with Crippen molar-refractivity contribution in [1.82, 2.24) is 0 Å². The van der Waals surface area contributed by atoms with Gasteiger partial charge in [0.15, 0.2) is 0 Å². The number of fused-ring (bicyclic) bond motifs is 1. The van der Waals surface area contributed by atoms with Gasteiger partial charge < -0.3 is 14.6 Å². The summed E-state index contributed by atoms with van der Waals surface area (Å²) in [5, 5.41) is 9.11. The first kappa shape index (κ1) is 15.6. The van der Waals surface area contributed by atoms with Crippen molar-refractivity contribution in [1.29, 1.82) is 0 Å². The van der Waals surface area contributed by atoms with Crippen LogP contribution in [0.5, 0.6) is 11.5 Å². The van der Waals surface area contributed by atoms with Crippen LogP contribution in [-0.4, -0.2) is 24.4 Å². The second kappa shape index (κ2) is 5.94. The number of hydrogen-bond acceptors (Lipinski definition) is 3. The molecule has 1 heterocycles. The zero-order valence-corrected chi connectivity index (χ0v) is 13.5. The average molecular weight is 288 g/mol. The molecule has 1 aromatic carbocycles. The molecule has 0 saturated heterocycles. The van der Waals surface area contributed by atoms with Crippen LogP contribution in [0.3, 0.4) is 0 Å². The summed E-state index contributed by atoms with van der Waals surface area (Å²) >= 11 is 0. The molecule has 0 spiro atoms. The van der Waals surface area contributed by atoms with Gasteiger partial charge in [-0.1, -0.05) is 13.0 Å². The van der Waals surface area contributed by atoms with E-state index in [1.165, 1.54) is 5.57 Å². The van der Waals surface area contributed by atoms with Gasteiger partial charge in [-0.2, -0.15) is 0 Å². The molecule has 0 radical (unpaired) electrons. The highest BCUT2D eigenvalue weighted by molar-refractivity contribution is 5.80. The van der Waals surface area contributed by atoms with Crippen LogP contribution in [0, 0.1) is 0 Å². The van der Waals surface area contributed by atoms with E-state index < -0.39 is 0 Å². The second-order valence-corrected chi connectivity index (χ2v) is 5.85. The van der Waals surface area contributed by atoms with Crippen molar-refractivity contribution in [2.45, 2.75) is 39.7 Å². The maximum absolute atomic E-state index is 9.11. The molecular weight excluding hydrogens is 264 g/mol. The quantitative estimate of drug-likeness (QED) is 0.908. The summed E-state index contributed by atoms with van der Waals surface area (Å²) < 4.78 is 11.6. The van der Waals surface area contributed by atoms with Crippen LogP contribution in [-0.2, 0) is 0 Å². The lowest BCUT2D eigenvalue weighted by molar-refractivity contribution is 0.157. The van der Waals surface area contributed by atoms with E-state index in [9.17, 15) is 0 Å². The van der Waals surface area contributed by atoms with Gasteiger partial charge in [0.25, 0.3) is 0 Å². The summed E-state index contributed by atoms with van der Waals surface area (Å²) in [4.78, 5) is 0. The molecule has 0 aliphatic carbocycles. The molecule has 114 valence electrons. The molecule has 0 saturated carbocycles. The topological polar surface area (TPSA) is 38.7 Å². The van der Waals surface area contributed by atoms with E-state index in [1.54, 1.807) is 13.2 Å². The first-order valence-electron chi connectivity index (χ1n) is 7.33. The molecule has 0 bridgehead atoms. The van der Waals surface area contributed by atoms with E-state index in [-0.39, 0.29) is 12.2 Å². The molecule has 0 amide bonds. The number of aliphatic hydroxyl groups excluding tert-OH is 1. The molecule has 1 N–H and O–H groups in total. The van der Waals surface area contributed by atoms with Crippen LogP contribution in [0.1, 0.15) is 45.2 Å². The van der Waals surface area contributed by atoms with Crippen LogP contribution in [0.4, 0.5) is 0 Å². The Morgan fingerprint density at radius 3 is 2.67 bits per heavy atom. The van der Waals surface area contributed by atoms with Gasteiger partial charge in [-0.05, 0) is 50.5 Å². The summed E-state index contributed by atoms with van der Waals surface area (Å²) in [6.45, 7) is 8.26. The molecule has 1 aromatic rings. The van der Waals surface area contributed by atoms with E-state index in [0.29, 0.717) is 0 Å². The average Bonchev–Trinajstić information content (AvgIpc) is 2.44. The highest BCUT2D eigenvalue weighted by Crippen LogP contribution is 2.42. The predicted octanol–water partition coefficient (Wildman–Crippen LogP) is 4.06. The number of ether oxygens (including phenoxy) is 2. The monoisotopic (exact) mass is 288 g/mol. The third-order valence-corrected chi connectivity index (χ3v) is 3.75. The van der Waals surface area contributed by atoms with Crippen LogP contribution in [0.25, 0.3) is 11.1 Å². The molecule has 1 aliphatic heterocycles. The highest BCUT2D eigenvalue weighted by atomic mass is 16.5. The Labute approximate surface area is 126 Å². The Bertz CT molecular complexity index is 595. The fourth-order valence-corrected chi connectivity index (χ4v) is 2.72. The Kier molecular flexibility index (Phi) is 4.43. The summed E-state index contributed by atoms with van der Waals surface area (Å²) in [6, 6.07) is 4.05. The Balaban J connectivity index is 2.62. The van der Waals surface area contributed by atoms with E-state index in [0.717, 1.165) is 34.6 Å². The maximum Gasteiger partial charge on any atom is 0.131 e. The largest absolute Gasteiger partial charge is 0.496 e. The van der Waals surface area contributed by atoms with E-state index in [2.05, 4.69) is 32.9 Å². The molecule has 0 atom stereocenters. The van der Waals surface area contributed by atoms with Gasteiger partial charge in [-0.25, -0.2) is 0 Å². The van der Waals surface area contributed by atoms with Gasteiger partial charge in [0.05, 0.1) is 13.7 Å². The molecule has 21 heavy (non-hydrogen) atoms. The summed E-state index contributed by atoms with van der Waals surface area (Å²) in [5.74, 6) is 1.63. The Hall–Kier alpha value is -1.74. The number of methoxy groups -OCH3 is 1. The van der Waals surface area contributed by atoms with Crippen molar-refractivity contribution >= 4 is 11.1 Å². The zero-order chi connectivity index (χ0) is 15.6. The minimum atomic E-state index is -0.305. The smallest absolute Gasteiger partial charge is 0.131 e. The fraction of sp³-hybridized carbons (Fsp3) is 0.444. The number of rotatable bonds is 4. The van der Waals surface area contributed by atoms with Crippen LogP contribution in [0.15, 0.2) is 24.3 Å². The minimum Gasteiger partial charge on any atom is -0.496 e. The number of aliphatic hydroxyl groups is 1. The number of allylic oxidation sites excluding steroid dienone is 2. The van der Waals surface area contributed by atoms with E-state index in [1.807, 2.05) is 13.0 Å². The number of benzene rings is 1. The van der Waals surface area contributed by atoms with Crippen molar-refractivity contribution in [3.8, 4) is 11.5 Å². The Morgan fingerprint density at radius 2 is 2.10 bits per heavy atom. The van der Waals surface area contributed by atoms with Crippen molar-refractivity contribution in [2.24, 2.45) is 0 Å². The molecular formula is C18H24O3. The lowest BCUT2D eigenvalue weighted by Gasteiger charge is -2.32. The van der Waals surface area contributed by atoms with Crippen LogP contribution < -0.4 is 9.47 Å². The van der Waals surface area contributed by atoms with Gasteiger partial charge in [0.2, 0.25) is 0 Å². The van der Waals surface area contributed by atoms with Crippen LogP contribution in [0.2, 0.25) is 0 Å². The van der Waals surface area contributed by atoms with E-state index >= 15 is 0 Å². The summed E-state index contributed by atoms with van der Waals surface area (Å²) in [6.07, 6.45) is 4.91. The molecule has 3 heteroatoms. The number of hydrogen-bond donors (Lipinski definition) is 1. The van der Waals surface area contributed by atoms with Crippen molar-refractivity contribution in [3.63, 3.8) is 0 Å². The first-order chi connectivity index (χ1) is 9.91. The van der Waals surface area contributed by atoms with Gasteiger partial charge in [-0.15, -0.1) is 0 Å². The van der Waals surface area contributed by atoms with Gasteiger partial charge in [0.1, 0.15) is 17.1 Å². The van der Waals surface area contributed by atoms with Gasteiger partial charge in [0, 0.05) is 17.2 Å². The predicted molar refractivity (Wildman–Crippen MR) is 86.7 cm³/mol. The molecule has 0 aromatic heterocycles. The van der Waals surface area contributed by atoms with Gasteiger partial charge >= 0.3 is 0 Å². The fourth-order valence-electron chi connectivity index (χ4n) is 2.72. The first-order valence-corrected chi connectivity index (χ1v) is 7.33. The standard InChI is InChI=1S/C18H24O3/c1-6-13-11-18(3,4)21-17-10-16(20-5)14(9-15(13)17)12(2)7-8-19/h7,9-11,19H,6,8H2,1-5H3. The third kappa shape index (κ3) is 3.13. The molecule has 0 unspecified atom stereocenters. The third-order valence-electron chi connectivity index (χ3n) is 3.75. The Morgan fingerprint density at radius 1 is 1.38 bits per heavy atom. The van der Waals surface area contributed by atoms with Crippen molar-refractivity contribution < 1.29 is 14.6 Å². The van der Waals surface area contributed by atoms with E-state index in [4.69, 9.17) is 14.6 Å². The molecule has 2 rings (SSSR count). The molecule has 0 fully saturated rings. The van der Waals surface area contributed by atoms with Crippen LogP contribution >= 0.6 is 0 Å². The summed E-state index contributed by atoms with van der Waals surface area (Å²) in [7, 11) is 1.65. The summed E-state index contributed by atoms with van der Waals surface area (Å²) in [5.41, 5.74) is 4.08.